The fourth-order valence-electron chi connectivity index (χ4n) is 4.29. The van der Waals surface area contributed by atoms with E-state index in [1.54, 1.807) is 24.1 Å². The largest absolute Gasteiger partial charge is 0.494 e. The average Bonchev–Trinajstić information content (AvgIpc) is 3.20. The fourth-order valence-corrected chi connectivity index (χ4v) is 4.29. The summed E-state index contributed by atoms with van der Waals surface area (Å²) in [6.07, 6.45) is 0.0874. The Kier molecular flexibility index (Phi) is 7.55. The minimum absolute atomic E-state index is 0.0874. The quantitative estimate of drug-likeness (QED) is 0.436. The molecule has 3 aromatic carbocycles. The van der Waals surface area contributed by atoms with Gasteiger partial charge in [0.25, 0.3) is 5.91 Å². The molecule has 0 saturated carbocycles. The van der Waals surface area contributed by atoms with E-state index in [1.807, 2.05) is 68.4 Å². The molecule has 0 bridgehead atoms. The molecule has 0 aromatic heterocycles. The SMILES string of the molecule is CCOc1ccc(NC(=O)C[C@H](c2ccc(OCC)c(OC)c2)N2Cc3ccccc3C2=O)cc1. The number of fused-ring (bicyclic) bond motifs is 1. The Hall–Kier alpha value is -4.00. The molecule has 35 heavy (non-hydrogen) atoms. The zero-order valence-electron chi connectivity index (χ0n) is 20.2. The molecule has 1 heterocycles. The molecule has 7 nitrogen and oxygen atoms in total. The second kappa shape index (κ2) is 11.0. The van der Waals surface area contributed by atoms with E-state index in [9.17, 15) is 9.59 Å². The minimum atomic E-state index is -0.484. The van der Waals surface area contributed by atoms with Gasteiger partial charge in [-0.1, -0.05) is 24.3 Å². The number of carbonyl (C=O) groups is 2. The zero-order chi connectivity index (χ0) is 24.8. The summed E-state index contributed by atoms with van der Waals surface area (Å²) in [5, 5.41) is 2.94. The molecule has 0 saturated heterocycles. The molecule has 4 rings (SSSR count). The van der Waals surface area contributed by atoms with Crippen molar-refractivity contribution in [2.45, 2.75) is 32.9 Å². The lowest BCUT2D eigenvalue weighted by Gasteiger charge is -2.28. The van der Waals surface area contributed by atoms with Gasteiger partial charge in [-0.25, -0.2) is 0 Å². The number of rotatable bonds is 10. The second-order valence-corrected chi connectivity index (χ2v) is 8.16. The third-order valence-corrected chi connectivity index (χ3v) is 5.93. The number of ether oxygens (including phenoxy) is 3. The molecule has 182 valence electrons. The molecular formula is C28H30N2O5. The Morgan fingerprint density at radius 2 is 1.71 bits per heavy atom. The number of amides is 2. The molecule has 1 aliphatic rings. The summed E-state index contributed by atoms with van der Waals surface area (Å²) in [6, 6.07) is 19.8. The van der Waals surface area contributed by atoms with Crippen molar-refractivity contribution in [1.29, 1.82) is 0 Å². The molecule has 0 aliphatic carbocycles. The van der Waals surface area contributed by atoms with Crippen LogP contribution in [0.2, 0.25) is 0 Å². The highest BCUT2D eigenvalue weighted by molar-refractivity contribution is 5.99. The van der Waals surface area contributed by atoms with Crippen LogP contribution >= 0.6 is 0 Å². The van der Waals surface area contributed by atoms with Crippen LogP contribution in [0.4, 0.5) is 5.69 Å². The number of anilines is 1. The van der Waals surface area contributed by atoms with Gasteiger partial charge in [0, 0.05) is 17.8 Å². The van der Waals surface area contributed by atoms with Crippen LogP contribution in [0.1, 0.15) is 47.8 Å². The van der Waals surface area contributed by atoms with Crippen LogP contribution in [-0.4, -0.2) is 37.0 Å². The van der Waals surface area contributed by atoms with Gasteiger partial charge in [-0.05, 0) is 67.4 Å². The average molecular weight is 475 g/mol. The first kappa shape index (κ1) is 24.1. The van der Waals surface area contributed by atoms with Gasteiger partial charge in [0.05, 0.1) is 32.8 Å². The van der Waals surface area contributed by atoms with Gasteiger partial charge >= 0.3 is 0 Å². The number of benzene rings is 3. The summed E-state index contributed by atoms with van der Waals surface area (Å²) in [5.41, 5.74) is 3.08. The van der Waals surface area contributed by atoms with E-state index < -0.39 is 6.04 Å². The van der Waals surface area contributed by atoms with Crippen molar-refractivity contribution in [3.8, 4) is 17.2 Å². The van der Waals surface area contributed by atoms with Gasteiger partial charge in [0.1, 0.15) is 5.75 Å². The molecule has 0 fully saturated rings. The number of carbonyl (C=O) groups excluding carboxylic acids is 2. The van der Waals surface area contributed by atoms with Gasteiger partial charge in [-0.3, -0.25) is 9.59 Å². The zero-order valence-corrected chi connectivity index (χ0v) is 20.2. The third-order valence-electron chi connectivity index (χ3n) is 5.93. The molecule has 0 radical (unpaired) electrons. The molecule has 0 spiro atoms. The van der Waals surface area contributed by atoms with Crippen molar-refractivity contribution in [1.82, 2.24) is 4.90 Å². The summed E-state index contributed by atoms with van der Waals surface area (Å²) in [4.78, 5) is 28.2. The summed E-state index contributed by atoms with van der Waals surface area (Å²) in [6.45, 7) is 5.34. The Balaban J connectivity index is 1.61. The van der Waals surface area contributed by atoms with E-state index in [2.05, 4.69) is 5.32 Å². The fraction of sp³-hybridized carbons (Fsp3) is 0.286. The summed E-state index contributed by atoms with van der Waals surface area (Å²) < 4.78 is 16.7. The first-order valence-electron chi connectivity index (χ1n) is 11.8. The molecule has 2 amide bonds. The maximum Gasteiger partial charge on any atom is 0.255 e. The predicted octanol–water partition coefficient (Wildman–Crippen LogP) is 5.22. The van der Waals surface area contributed by atoms with Crippen molar-refractivity contribution in [2.75, 3.05) is 25.6 Å². The minimum Gasteiger partial charge on any atom is -0.494 e. The molecule has 1 N–H and O–H groups in total. The lowest BCUT2D eigenvalue weighted by atomic mass is 10.0. The smallest absolute Gasteiger partial charge is 0.255 e. The predicted molar refractivity (Wildman–Crippen MR) is 134 cm³/mol. The topological polar surface area (TPSA) is 77.1 Å². The molecule has 3 aromatic rings. The molecule has 0 unspecified atom stereocenters. The lowest BCUT2D eigenvalue weighted by Crippen LogP contribution is -2.32. The number of nitrogens with zero attached hydrogens (tertiary/aromatic N) is 1. The van der Waals surface area contributed by atoms with Crippen molar-refractivity contribution in [2.24, 2.45) is 0 Å². The highest BCUT2D eigenvalue weighted by Crippen LogP contribution is 2.37. The first-order valence-corrected chi connectivity index (χ1v) is 11.8. The van der Waals surface area contributed by atoms with E-state index in [0.717, 1.165) is 16.9 Å². The van der Waals surface area contributed by atoms with Crippen LogP contribution in [-0.2, 0) is 11.3 Å². The maximum absolute atomic E-state index is 13.3. The van der Waals surface area contributed by atoms with Crippen LogP contribution < -0.4 is 19.5 Å². The van der Waals surface area contributed by atoms with E-state index in [0.29, 0.717) is 42.5 Å². The molecule has 1 atom stereocenters. The number of hydrogen-bond acceptors (Lipinski definition) is 5. The van der Waals surface area contributed by atoms with Crippen LogP contribution in [0.15, 0.2) is 66.7 Å². The maximum atomic E-state index is 13.3. The lowest BCUT2D eigenvalue weighted by molar-refractivity contribution is -0.117. The monoisotopic (exact) mass is 474 g/mol. The summed E-state index contributed by atoms with van der Waals surface area (Å²) in [5.74, 6) is 1.63. The Morgan fingerprint density at radius 1 is 0.971 bits per heavy atom. The van der Waals surface area contributed by atoms with Crippen molar-refractivity contribution >= 4 is 17.5 Å². The second-order valence-electron chi connectivity index (χ2n) is 8.16. The normalized spacial score (nSPS) is 13.2. The van der Waals surface area contributed by atoms with Crippen molar-refractivity contribution < 1.29 is 23.8 Å². The van der Waals surface area contributed by atoms with Crippen LogP contribution in [0.25, 0.3) is 0 Å². The van der Waals surface area contributed by atoms with E-state index in [4.69, 9.17) is 14.2 Å². The van der Waals surface area contributed by atoms with E-state index in [1.165, 1.54) is 0 Å². The highest BCUT2D eigenvalue weighted by atomic mass is 16.5. The molecule has 7 heteroatoms. The standard InChI is InChI=1S/C28H30N2O5/c1-4-34-22-13-11-21(12-14-22)29-27(31)17-24(19-10-15-25(35-5-2)26(16-19)33-3)30-18-20-8-6-7-9-23(20)28(30)32/h6-16,24H,4-5,17-18H2,1-3H3,(H,29,31)/t24-/m1/s1. The molecular weight excluding hydrogens is 444 g/mol. The Bertz CT molecular complexity index is 1190. The number of methoxy groups -OCH3 is 1. The van der Waals surface area contributed by atoms with Gasteiger partial charge in [0.15, 0.2) is 11.5 Å². The van der Waals surface area contributed by atoms with Crippen molar-refractivity contribution in [3.63, 3.8) is 0 Å². The van der Waals surface area contributed by atoms with Gasteiger partial charge in [-0.15, -0.1) is 0 Å². The highest BCUT2D eigenvalue weighted by Gasteiger charge is 2.34. The van der Waals surface area contributed by atoms with Gasteiger partial charge < -0.3 is 24.4 Å². The van der Waals surface area contributed by atoms with Crippen molar-refractivity contribution in [3.05, 3.63) is 83.4 Å². The van der Waals surface area contributed by atoms with Crippen LogP contribution in [0.5, 0.6) is 17.2 Å². The van der Waals surface area contributed by atoms with E-state index in [-0.39, 0.29) is 18.2 Å². The summed E-state index contributed by atoms with van der Waals surface area (Å²) >= 11 is 0. The number of hydrogen-bond donors (Lipinski definition) is 1. The third kappa shape index (κ3) is 5.40. The van der Waals surface area contributed by atoms with Crippen LogP contribution in [0.3, 0.4) is 0 Å². The summed E-state index contributed by atoms with van der Waals surface area (Å²) in [7, 11) is 1.58. The van der Waals surface area contributed by atoms with Crippen LogP contribution in [0, 0.1) is 0 Å². The first-order chi connectivity index (χ1) is 17.0. The van der Waals surface area contributed by atoms with E-state index >= 15 is 0 Å². The number of nitrogens with one attached hydrogen (secondary N) is 1. The molecule has 1 aliphatic heterocycles. The van der Waals surface area contributed by atoms with Gasteiger partial charge in [0.2, 0.25) is 5.91 Å². The Morgan fingerprint density at radius 3 is 2.40 bits per heavy atom. The van der Waals surface area contributed by atoms with Gasteiger partial charge in [-0.2, -0.15) is 0 Å². The Labute approximate surface area is 205 Å².